The van der Waals surface area contributed by atoms with Crippen molar-refractivity contribution in [3.63, 3.8) is 0 Å². The van der Waals surface area contributed by atoms with E-state index in [2.05, 4.69) is 27.8 Å². The predicted octanol–water partition coefficient (Wildman–Crippen LogP) is 3.42. The minimum Gasteiger partial charge on any atom is -0.495 e. The van der Waals surface area contributed by atoms with Crippen LogP contribution in [0.3, 0.4) is 0 Å². The number of rotatable bonds is 6. The SMILES string of the molecule is COc1ccccc1NC(=O)C(=O)NCCc1csc(-c2ccc(C)cc2)n1. The van der Waals surface area contributed by atoms with Crippen LogP contribution < -0.4 is 15.4 Å². The molecule has 0 bridgehead atoms. The van der Waals surface area contributed by atoms with Crippen LogP contribution in [0, 0.1) is 6.92 Å². The Labute approximate surface area is 167 Å². The number of carbonyl (C=O) groups excluding carboxylic acids is 2. The van der Waals surface area contributed by atoms with Gasteiger partial charge in [-0.3, -0.25) is 9.59 Å². The van der Waals surface area contributed by atoms with E-state index in [1.54, 1.807) is 35.6 Å². The highest BCUT2D eigenvalue weighted by atomic mass is 32.1. The summed E-state index contributed by atoms with van der Waals surface area (Å²) in [5.41, 5.74) is 3.61. The summed E-state index contributed by atoms with van der Waals surface area (Å²) in [5.74, 6) is -0.933. The average molecular weight is 395 g/mol. The quantitative estimate of drug-likeness (QED) is 0.627. The van der Waals surface area contributed by atoms with Gasteiger partial charge in [-0.2, -0.15) is 0 Å². The van der Waals surface area contributed by atoms with Crippen molar-refractivity contribution in [1.29, 1.82) is 0 Å². The minimum atomic E-state index is -0.733. The van der Waals surface area contributed by atoms with Crippen molar-refractivity contribution in [2.45, 2.75) is 13.3 Å². The summed E-state index contributed by atoms with van der Waals surface area (Å²) in [5, 5.41) is 8.08. The molecule has 6 nitrogen and oxygen atoms in total. The van der Waals surface area contributed by atoms with Crippen molar-refractivity contribution >= 4 is 28.8 Å². The number of benzene rings is 2. The fraction of sp³-hybridized carbons (Fsp3) is 0.190. The molecule has 144 valence electrons. The monoisotopic (exact) mass is 395 g/mol. The van der Waals surface area contributed by atoms with Gasteiger partial charge in [0.1, 0.15) is 10.8 Å². The zero-order valence-corrected chi connectivity index (χ0v) is 16.5. The van der Waals surface area contributed by atoms with Gasteiger partial charge in [0.25, 0.3) is 0 Å². The molecular weight excluding hydrogens is 374 g/mol. The lowest BCUT2D eigenvalue weighted by Crippen LogP contribution is -2.36. The molecule has 0 unspecified atom stereocenters. The Kier molecular flexibility index (Phi) is 6.39. The van der Waals surface area contributed by atoms with Gasteiger partial charge >= 0.3 is 11.8 Å². The van der Waals surface area contributed by atoms with Crippen molar-refractivity contribution in [2.24, 2.45) is 0 Å². The predicted molar refractivity (Wildman–Crippen MR) is 111 cm³/mol. The molecule has 2 N–H and O–H groups in total. The fourth-order valence-corrected chi connectivity index (χ4v) is 3.42. The van der Waals surface area contributed by atoms with Crippen LogP contribution in [0.4, 0.5) is 5.69 Å². The van der Waals surface area contributed by atoms with Gasteiger partial charge in [0.15, 0.2) is 0 Å². The molecule has 0 aliphatic rings. The Morgan fingerprint density at radius 3 is 2.57 bits per heavy atom. The number of methoxy groups -OCH3 is 1. The first-order chi connectivity index (χ1) is 13.6. The van der Waals surface area contributed by atoms with Crippen LogP contribution in [0.2, 0.25) is 0 Å². The summed E-state index contributed by atoms with van der Waals surface area (Å²) >= 11 is 1.56. The number of carbonyl (C=O) groups is 2. The molecule has 7 heteroatoms. The van der Waals surface area contributed by atoms with E-state index in [0.717, 1.165) is 16.3 Å². The van der Waals surface area contributed by atoms with E-state index in [9.17, 15) is 9.59 Å². The molecule has 0 saturated heterocycles. The van der Waals surface area contributed by atoms with Gasteiger partial charge < -0.3 is 15.4 Å². The lowest BCUT2D eigenvalue weighted by Gasteiger charge is -2.09. The Bertz CT molecular complexity index is 967. The van der Waals surface area contributed by atoms with Crippen molar-refractivity contribution in [3.05, 3.63) is 65.2 Å². The Balaban J connectivity index is 1.50. The number of anilines is 1. The van der Waals surface area contributed by atoms with Crippen LogP contribution in [0.25, 0.3) is 10.6 Å². The molecule has 1 aromatic heterocycles. The lowest BCUT2D eigenvalue weighted by molar-refractivity contribution is -0.136. The number of aryl methyl sites for hydroxylation is 1. The van der Waals surface area contributed by atoms with Gasteiger partial charge in [-0.05, 0) is 19.1 Å². The van der Waals surface area contributed by atoms with Crippen LogP contribution in [0.5, 0.6) is 5.75 Å². The topological polar surface area (TPSA) is 80.3 Å². The Morgan fingerprint density at radius 2 is 1.82 bits per heavy atom. The molecule has 0 radical (unpaired) electrons. The average Bonchev–Trinajstić information content (AvgIpc) is 3.17. The van der Waals surface area contributed by atoms with Crippen LogP contribution >= 0.6 is 11.3 Å². The van der Waals surface area contributed by atoms with Crippen LogP contribution in [-0.2, 0) is 16.0 Å². The number of hydrogen-bond acceptors (Lipinski definition) is 5. The maximum atomic E-state index is 12.0. The first kappa shape index (κ1) is 19.6. The number of nitrogens with one attached hydrogen (secondary N) is 2. The fourth-order valence-electron chi connectivity index (χ4n) is 2.56. The van der Waals surface area contributed by atoms with Crippen LogP contribution in [0.1, 0.15) is 11.3 Å². The second-order valence-corrected chi connectivity index (χ2v) is 7.03. The van der Waals surface area contributed by atoms with E-state index in [-0.39, 0.29) is 0 Å². The van der Waals surface area contributed by atoms with Gasteiger partial charge in [0.05, 0.1) is 18.5 Å². The van der Waals surface area contributed by atoms with Gasteiger partial charge in [-0.1, -0.05) is 42.0 Å². The standard InChI is InChI=1S/C21H21N3O3S/c1-14-7-9-15(10-8-14)21-23-16(13-28-21)11-12-22-19(25)20(26)24-17-5-3-4-6-18(17)27-2/h3-10,13H,11-12H2,1-2H3,(H,22,25)(H,24,26). The third-order valence-corrected chi connectivity index (χ3v) is 5.02. The van der Waals surface area contributed by atoms with Crippen molar-refractivity contribution in [2.75, 3.05) is 19.0 Å². The number of ether oxygens (including phenoxy) is 1. The highest BCUT2D eigenvalue weighted by molar-refractivity contribution is 7.13. The van der Waals surface area contributed by atoms with E-state index >= 15 is 0 Å². The summed E-state index contributed by atoms with van der Waals surface area (Å²) in [6.45, 7) is 2.37. The van der Waals surface area contributed by atoms with Gasteiger partial charge in [0.2, 0.25) is 0 Å². The summed E-state index contributed by atoms with van der Waals surface area (Å²) in [4.78, 5) is 28.7. The molecule has 3 aromatic rings. The van der Waals surface area contributed by atoms with Gasteiger partial charge in [-0.15, -0.1) is 11.3 Å². The summed E-state index contributed by atoms with van der Waals surface area (Å²) < 4.78 is 5.16. The van der Waals surface area contributed by atoms with Gasteiger partial charge in [0, 0.05) is 23.9 Å². The van der Waals surface area contributed by atoms with E-state index in [1.165, 1.54) is 12.7 Å². The number of nitrogens with zero attached hydrogens (tertiary/aromatic N) is 1. The number of aromatic nitrogens is 1. The van der Waals surface area contributed by atoms with Crippen molar-refractivity contribution in [3.8, 4) is 16.3 Å². The zero-order valence-electron chi connectivity index (χ0n) is 15.7. The summed E-state index contributed by atoms with van der Waals surface area (Å²) in [6.07, 6.45) is 0.552. The molecule has 2 aromatic carbocycles. The van der Waals surface area contributed by atoms with E-state index in [4.69, 9.17) is 4.74 Å². The highest BCUT2D eigenvalue weighted by Gasteiger charge is 2.15. The molecule has 3 rings (SSSR count). The third kappa shape index (κ3) is 4.95. The molecule has 0 fully saturated rings. The molecule has 0 atom stereocenters. The van der Waals surface area contributed by atoms with Crippen LogP contribution in [-0.4, -0.2) is 30.5 Å². The highest BCUT2D eigenvalue weighted by Crippen LogP contribution is 2.24. The Hall–Kier alpha value is -3.19. The molecule has 2 amide bonds. The van der Waals surface area contributed by atoms with Gasteiger partial charge in [-0.25, -0.2) is 4.98 Å². The first-order valence-corrected chi connectivity index (χ1v) is 9.68. The molecule has 0 spiro atoms. The Morgan fingerprint density at radius 1 is 1.07 bits per heavy atom. The maximum absolute atomic E-state index is 12.0. The van der Waals surface area contributed by atoms with E-state index in [0.29, 0.717) is 24.4 Å². The molecule has 1 heterocycles. The van der Waals surface area contributed by atoms with E-state index < -0.39 is 11.8 Å². The lowest BCUT2D eigenvalue weighted by atomic mass is 10.2. The smallest absolute Gasteiger partial charge is 0.313 e. The molecule has 0 aliphatic carbocycles. The summed E-state index contributed by atoms with van der Waals surface area (Å²) in [6, 6.07) is 15.1. The van der Waals surface area contributed by atoms with Crippen molar-refractivity contribution < 1.29 is 14.3 Å². The number of para-hydroxylation sites is 2. The summed E-state index contributed by atoms with van der Waals surface area (Å²) in [7, 11) is 1.50. The second-order valence-electron chi connectivity index (χ2n) is 6.17. The normalized spacial score (nSPS) is 10.4. The first-order valence-electron chi connectivity index (χ1n) is 8.80. The van der Waals surface area contributed by atoms with Crippen LogP contribution in [0.15, 0.2) is 53.9 Å². The molecule has 0 aliphatic heterocycles. The largest absolute Gasteiger partial charge is 0.495 e. The molecular formula is C21H21N3O3S. The van der Waals surface area contributed by atoms with E-state index in [1.807, 2.05) is 24.4 Å². The second kappa shape index (κ2) is 9.14. The number of thiazole rings is 1. The molecule has 28 heavy (non-hydrogen) atoms. The van der Waals surface area contributed by atoms with Crippen molar-refractivity contribution in [1.82, 2.24) is 10.3 Å². The maximum Gasteiger partial charge on any atom is 0.313 e. The molecule has 0 saturated carbocycles. The minimum absolute atomic E-state index is 0.329. The zero-order chi connectivity index (χ0) is 19.9. The third-order valence-electron chi connectivity index (χ3n) is 4.08. The number of hydrogen-bond donors (Lipinski definition) is 2. The number of amides is 2.